The Kier molecular flexibility index (Phi) is 7.06. The van der Waals surface area contributed by atoms with E-state index in [1.165, 1.54) is 38.1 Å². The van der Waals surface area contributed by atoms with Crippen molar-refractivity contribution >= 4 is 71.2 Å². The number of nitrogens with one attached hydrogen (secondary N) is 2. The summed E-state index contributed by atoms with van der Waals surface area (Å²) in [6, 6.07) is 67.4. The predicted molar refractivity (Wildman–Crippen MR) is 235 cm³/mol. The van der Waals surface area contributed by atoms with Gasteiger partial charge in [0.15, 0.2) is 0 Å². The lowest BCUT2D eigenvalue weighted by molar-refractivity contribution is 0.442. The molecule has 2 unspecified atom stereocenters. The summed E-state index contributed by atoms with van der Waals surface area (Å²) in [7, 11) is 0. The fraction of sp³-hybridized carbons (Fsp3) is 0.0385. The Bertz CT molecular complexity index is 3360. The third-order valence-corrected chi connectivity index (χ3v) is 11.8. The highest BCUT2D eigenvalue weighted by Crippen LogP contribution is 2.45. The van der Waals surface area contributed by atoms with Gasteiger partial charge in [0, 0.05) is 44.0 Å². The van der Waals surface area contributed by atoms with Crippen LogP contribution in [-0.4, -0.2) is 9.13 Å². The van der Waals surface area contributed by atoms with Gasteiger partial charge in [0.1, 0.15) is 17.3 Å². The van der Waals surface area contributed by atoms with Crippen LogP contribution in [0.4, 0.5) is 0 Å². The van der Waals surface area contributed by atoms with E-state index < -0.39 is 0 Å². The fourth-order valence-electron chi connectivity index (χ4n) is 9.26. The molecule has 11 aromatic rings. The zero-order valence-corrected chi connectivity index (χ0v) is 30.9. The molecule has 0 bridgehead atoms. The second-order valence-corrected chi connectivity index (χ2v) is 15.0. The first-order chi connectivity index (χ1) is 28.3. The van der Waals surface area contributed by atoms with Gasteiger partial charge in [-0.15, -0.1) is 0 Å². The molecule has 5 nitrogen and oxygen atoms in total. The fourth-order valence-corrected chi connectivity index (χ4v) is 9.26. The highest BCUT2D eigenvalue weighted by Gasteiger charge is 2.27. The van der Waals surface area contributed by atoms with Crippen LogP contribution in [0.25, 0.3) is 82.6 Å². The maximum absolute atomic E-state index is 6.56. The molecule has 57 heavy (non-hydrogen) atoms. The van der Waals surface area contributed by atoms with Crippen LogP contribution in [0.5, 0.6) is 0 Å². The molecule has 0 fully saturated rings. The van der Waals surface area contributed by atoms with Crippen LogP contribution < -0.4 is 10.6 Å². The predicted octanol–water partition coefficient (Wildman–Crippen LogP) is 12.8. The Balaban J connectivity index is 1.16. The van der Waals surface area contributed by atoms with Crippen molar-refractivity contribution in [1.29, 1.82) is 0 Å². The van der Waals surface area contributed by atoms with Gasteiger partial charge in [-0.2, -0.15) is 0 Å². The van der Waals surface area contributed by atoms with Crippen LogP contribution in [-0.2, 0) is 0 Å². The van der Waals surface area contributed by atoms with Crippen LogP contribution in [0, 0.1) is 0 Å². The molecule has 8 aromatic carbocycles. The molecule has 0 saturated carbocycles. The minimum absolute atomic E-state index is 0.0164. The topological polar surface area (TPSA) is 47.1 Å². The van der Waals surface area contributed by atoms with E-state index in [9.17, 15) is 0 Å². The molecule has 4 heterocycles. The van der Waals surface area contributed by atoms with Crippen molar-refractivity contribution in [2.45, 2.75) is 12.2 Å². The lowest BCUT2D eigenvalue weighted by Gasteiger charge is -2.33. The second kappa shape index (κ2) is 12.6. The SMILES string of the molecule is C1=C(c2ccccc2)NC(c2cccc(-n3c4c(ccc5oc6ccccc6c54)c4ccc5c6ccccc6n(-c6ccccc6)c5c43)c2)NC1c1ccccc1. The first-order valence-electron chi connectivity index (χ1n) is 19.6. The van der Waals surface area contributed by atoms with E-state index in [0.29, 0.717) is 0 Å². The van der Waals surface area contributed by atoms with Gasteiger partial charge in [-0.25, -0.2) is 0 Å². The highest BCUT2D eigenvalue weighted by molar-refractivity contribution is 6.29. The minimum atomic E-state index is -0.158. The van der Waals surface area contributed by atoms with E-state index in [1.807, 2.05) is 6.07 Å². The molecular formula is C52H36N4O. The maximum atomic E-state index is 6.56. The average molecular weight is 733 g/mol. The summed E-state index contributed by atoms with van der Waals surface area (Å²) in [5.74, 6) is 0. The monoisotopic (exact) mass is 732 g/mol. The van der Waals surface area contributed by atoms with Gasteiger partial charge in [0.05, 0.1) is 33.5 Å². The Morgan fingerprint density at radius 1 is 0.439 bits per heavy atom. The van der Waals surface area contributed by atoms with Crippen molar-refractivity contribution in [2.75, 3.05) is 0 Å². The summed E-state index contributed by atoms with van der Waals surface area (Å²) in [5, 5.41) is 14.9. The summed E-state index contributed by atoms with van der Waals surface area (Å²) in [6.45, 7) is 0. The van der Waals surface area contributed by atoms with Crippen molar-refractivity contribution in [3.8, 4) is 11.4 Å². The standard InChI is InChI=1S/C52H36N4O/c1-4-15-33(16-5-1)43-32-44(34-17-6-2-7-18-34)54-52(53-43)35-19-14-22-37(31-35)56-49-40(29-30-47-48(49)42-24-11-13-26-46(42)57-47)41-28-27-39-38-23-10-12-25-45(38)55(50(39)51(41)56)36-20-8-3-9-21-36/h1-32,43,52-54H. The van der Waals surface area contributed by atoms with Crippen LogP contribution in [0.2, 0.25) is 0 Å². The molecule has 2 atom stereocenters. The molecule has 12 rings (SSSR count). The molecule has 3 aromatic heterocycles. The number of hydrogen-bond donors (Lipinski definition) is 2. The lowest BCUT2D eigenvalue weighted by atomic mass is 9.98. The van der Waals surface area contributed by atoms with Crippen molar-refractivity contribution < 1.29 is 4.42 Å². The van der Waals surface area contributed by atoms with E-state index >= 15 is 0 Å². The van der Waals surface area contributed by atoms with Crippen molar-refractivity contribution in [2.24, 2.45) is 0 Å². The van der Waals surface area contributed by atoms with Gasteiger partial charge in [0.2, 0.25) is 0 Å². The average Bonchev–Trinajstić information content (AvgIpc) is 3.95. The number of fused-ring (bicyclic) bond motifs is 11. The number of benzene rings is 8. The quantitative estimate of drug-likeness (QED) is 0.185. The van der Waals surface area contributed by atoms with Crippen molar-refractivity contribution in [3.63, 3.8) is 0 Å². The summed E-state index contributed by atoms with van der Waals surface area (Å²) < 4.78 is 11.5. The summed E-state index contributed by atoms with van der Waals surface area (Å²) >= 11 is 0. The Morgan fingerprint density at radius 3 is 1.88 bits per heavy atom. The van der Waals surface area contributed by atoms with Gasteiger partial charge in [-0.3, -0.25) is 5.32 Å². The van der Waals surface area contributed by atoms with E-state index in [4.69, 9.17) is 4.42 Å². The van der Waals surface area contributed by atoms with E-state index in [0.717, 1.165) is 61.2 Å². The number of nitrogens with zero attached hydrogens (tertiary/aromatic N) is 2. The second-order valence-electron chi connectivity index (χ2n) is 15.0. The molecule has 0 radical (unpaired) electrons. The van der Waals surface area contributed by atoms with Crippen molar-refractivity contribution in [3.05, 3.63) is 211 Å². The molecule has 2 N–H and O–H groups in total. The van der Waals surface area contributed by atoms with Crippen LogP contribution >= 0.6 is 0 Å². The maximum Gasteiger partial charge on any atom is 0.137 e. The summed E-state index contributed by atoms with van der Waals surface area (Å²) in [6.07, 6.45) is 2.15. The van der Waals surface area contributed by atoms with E-state index in [1.54, 1.807) is 0 Å². The van der Waals surface area contributed by atoms with Gasteiger partial charge >= 0.3 is 0 Å². The first kappa shape index (κ1) is 32.0. The Morgan fingerprint density at radius 2 is 1.05 bits per heavy atom. The normalized spacial score (nSPS) is 15.9. The van der Waals surface area contributed by atoms with Gasteiger partial charge in [-0.05, 0) is 71.3 Å². The van der Waals surface area contributed by atoms with E-state index in [2.05, 4.69) is 208 Å². The number of aromatic nitrogens is 2. The number of para-hydroxylation sites is 3. The molecule has 5 heteroatoms. The molecule has 0 spiro atoms. The minimum Gasteiger partial charge on any atom is -0.456 e. The van der Waals surface area contributed by atoms with Crippen LogP contribution in [0.15, 0.2) is 199 Å². The lowest BCUT2D eigenvalue weighted by Crippen LogP contribution is -2.39. The summed E-state index contributed by atoms with van der Waals surface area (Å²) in [4.78, 5) is 0. The third-order valence-electron chi connectivity index (χ3n) is 11.8. The molecule has 0 saturated heterocycles. The Hall–Kier alpha value is -7.34. The Labute approximate surface area is 328 Å². The van der Waals surface area contributed by atoms with Crippen LogP contribution in [0.1, 0.15) is 28.9 Å². The molecule has 1 aliphatic rings. The zero-order valence-electron chi connectivity index (χ0n) is 30.9. The molecule has 0 amide bonds. The first-order valence-corrected chi connectivity index (χ1v) is 19.6. The van der Waals surface area contributed by atoms with Gasteiger partial charge in [0.25, 0.3) is 0 Å². The van der Waals surface area contributed by atoms with Gasteiger partial charge < -0.3 is 18.9 Å². The molecular weight excluding hydrogens is 697 g/mol. The smallest absolute Gasteiger partial charge is 0.137 e. The third kappa shape index (κ3) is 4.93. The highest BCUT2D eigenvalue weighted by atomic mass is 16.3. The van der Waals surface area contributed by atoms with Gasteiger partial charge in [-0.1, -0.05) is 140 Å². The molecule has 0 aliphatic carbocycles. The van der Waals surface area contributed by atoms with E-state index in [-0.39, 0.29) is 12.2 Å². The summed E-state index contributed by atoms with van der Waals surface area (Å²) in [5.41, 5.74) is 13.3. The van der Waals surface area contributed by atoms with Crippen molar-refractivity contribution in [1.82, 2.24) is 19.8 Å². The number of furan rings is 1. The van der Waals surface area contributed by atoms with Crippen LogP contribution in [0.3, 0.4) is 0 Å². The number of rotatable bonds is 5. The molecule has 270 valence electrons. The largest absolute Gasteiger partial charge is 0.456 e. The molecule has 1 aliphatic heterocycles. The number of hydrogen-bond acceptors (Lipinski definition) is 3. The zero-order chi connectivity index (χ0) is 37.5.